The first-order valence-corrected chi connectivity index (χ1v) is 16.1. The number of rotatable bonds is 9. The number of epoxide rings is 1. The number of carbonyl (C=O) groups excluding carboxylic acids is 2. The Labute approximate surface area is 275 Å². The molecule has 232 valence electrons. The molecule has 2 amide bonds. The molecule has 0 aromatic heterocycles. The summed E-state index contributed by atoms with van der Waals surface area (Å²) in [4.78, 5) is 26.2. The fraction of sp³-hybridized carbons (Fsp3) is 0.394. The van der Waals surface area contributed by atoms with Gasteiger partial charge in [-0.25, -0.2) is 4.79 Å². The third kappa shape index (κ3) is 5.78. The van der Waals surface area contributed by atoms with Crippen LogP contribution in [0.15, 0.2) is 60.7 Å². The van der Waals surface area contributed by atoms with Crippen LogP contribution in [0.3, 0.4) is 0 Å². The van der Waals surface area contributed by atoms with Crippen molar-refractivity contribution in [2.75, 3.05) is 31.8 Å². The van der Waals surface area contributed by atoms with Gasteiger partial charge >= 0.3 is 6.09 Å². The Morgan fingerprint density at radius 2 is 1.89 bits per heavy atom. The zero-order chi connectivity index (χ0) is 31.2. The maximum absolute atomic E-state index is 13.3. The van der Waals surface area contributed by atoms with Crippen molar-refractivity contribution in [1.29, 1.82) is 0 Å². The molecule has 0 aliphatic carbocycles. The number of aliphatic hydroxyl groups excluding tert-OH is 1. The maximum atomic E-state index is 13.3. The highest BCUT2D eigenvalue weighted by molar-refractivity contribution is 14.1. The minimum absolute atomic E-state index is 0.109. The number of anilines is 2. The van der Waals surface area contributed by atoms with Crippen molar-refractivity contribution < 1.29 is 33.4 Å². The average Bonchev–Trinajstić information content (AvgIpc) is 3.79. The van der Waals surface area contributed by atoms with Gasteiger partial charge in [0.25, 0.3) is 0 Å². The van der Waals surface area contributed by atoms with E-state index in [0.717, 1.165) is 34.0 Å². The predicted octanol–water partition coefficient (Wildman–Crippen LogP) is 6.15. The number of amides is 2. The molecule has 9 nitrogen and oxygen atoms in total. The van der Waals surface area contributed by atoms with Crippen LogP contribution in [0.2, 0.25) is 5.02 Å². The number of morpholine rings is 1. The molecule has 5 atom stereocenters. The summed E-state index contributed by atoms with van der Waals surface area (Å²) in [6, 6.07) is 19.1. The summed E-state index contributed by atoms with van der Waals surface area (Å²) in [5.41, 5.74) is 4.27. The third-order valence-corrected chi connectivity index (χ3v) is 11.9. The first kappa shape index (κ1) is 31.1. The lowest BCUT2D eigenvalue weighted by Gasteiger charge is -2.50. The molecule has 3 aliphatic rings. The number of ether oxygens (including phenoxy) is 3. The van der Waals surface area contributed by atoms with Crippen molar-refractivity contribution in [3.8, 4) is 16.9 Å². The van der Waals surface area contributed by atoms with E-state index in [2.05, 4.69) is 47.3 Å². The predicted molar refractivity (Wildman–Crippen MR) is 177 cm³/mol. The van der Waals surface area contributed by atoms with E-state index in [1.54, 1.807) is 12.1 Å². The van der Waals surface area contributed by atoms with Crippen molar-refractivity contribution in [3.63, 3.8) is 0 Å². The van der Waals surface area contributed by atoms with Gasteiger partial charge in [0.1, 0.15) is 24.0 Å². The van der Waals surface area contributed by atoms with Gasteiger partial charge in [0.05, 0.1) is 50.6 Å². The number of carbonyl (C=O) groups is 2. The second-order valence-electron chi connectivity index (χ2n) is 12.1. The average molecular weight is 733 g/mol. The van der Waals surface area contributed by atoms with Gasteiger partial charge in [0, 0.05) is 30.0 Å². The minimum atomic E-state index is -0.488. The second kappa shape index (κ2) is 12.1. The second-order valence-corrected chi connectivity index (χ2v) is 14.4. The molecule has 3 N–H and O–H groups in total. The Kier molecular flexibility index (Phi) is 8.57. The highest BCUT2D eigenvalue weighted by Crippen LogP contribution is 2.61. The van der Waals surface area contributed by atoms with Crippen molar-refractivity contribution in [2.24, 2.45) is 0 Å². The van der Waals surface area contributed by atoms with E-state index >= 15 is 0 Å². The number of hydrogen-bond donors (Lipinski definition) is 3. The summed E-state index contributed by atoms with van der Waals surface area (Å²) in [7, 11) is 5.99. The molecule has 11 heteroatoms. The SMILES string of the molecule is COc1cc(NC(=O)CCc2ccc(-c3ccccc3)c(NC(=O)O[C@H]3C[C@H]4[C@@H]5O[C@H]5[C@](I)(C3)[N+]4(C)C)c2)c(Cl)cc1CO. The number of nitrogens with one attached hydrogen (secondary N) is 2. The highest BCUT2D eigenvalue weighted by atomic mass is 127. The zero-order valence-corrected chi connectivity index (χ0v) is 27.7. The van der Waals surface area contributed by atoms with Crippen LogP contribution in [-0.4, -0.2) is 70.7 Å². The van der Waals surface area contributed by atoms with Crippen molar-refractivity contribution in [2.45, 2.75) is 60.2 Å². The Bertz CT molecular complexity index is 1590. The number of aryl methyl sites for hydroxylation is 1. The number of halogens is 2. The largest absolute Gasteiger partial charge is 0.496 e. The van der Waals surface area contributed by atoms with Crippen molar-refractivity contribution in [3.05, 3.63) is 76.8 Å². The zero-order valence-electron chi connectivity index (χ0n) is 24.8. The standard InChI is InChI=1S/C33H35ClIN3O6/c1-38(2)27-15-22(17-33(38,35)31-30(27)44-31)43-32(41)37-25-13-19(9-11-23(25)20-7-5-4-6-8-20)10-12-29(40)36-26-16-28(42-3)21(18-39)14-24(26)34/h4-9,11,13-14,16,22,27,30-31,39H,10,12,15,17-18H2,1-3H3,(H-,36,37,40,41)/p+1/t22-,27-,30-,31+,33-/m0/s1. The van der Waals surface area contributed by atoms with Crippen LogP contribution in [0, 0.1) is 0 Å². The van der Waals surface area contributed by atoms with Crippen LogP contribution in [0.1, 0.15) is 30.4 Å². The maximum Gasteiger partial charge on any atom is 0.411 e. The van der Waals surface area contributed by atoms with E-state index in [9.17, 15) is 14.7 Å². The van der Waals surface area contributed by atoms with Gasteiger partial charge in [-0.15, -0.1) is 0 Å². The molecule has 0 spiro atoms. The van der Waals surface area contributed by atoms with E-state index < -0.39 is 6.09 Å². The summed E-state index contributed by atoms with van der Waals surface area (Å²) in [5.74, 6) is 0.212. The molecule has 3 aliphatic heterocycles. The topological polar surface area (TPSA) is 109 Å². The van der Waals surface area contributed by atoms with E-state index in [1.807, 2.05) is 48.5 Å². The van der Waals surface area contributed by atoms with Crippen LogP contribution in [0.4, 0.5) is 16.2 Å². The fourth-order valence-electron chi connectivity index (χ4n) is 6.74. The number of nitrogens with zero attached hydrogens (tertiary/aromatic N) is 1. The van der Waals surface area contributed by atoms with Crippen LogP contribution in [-0.2, 0) is 27.3 Å². The Balaban J connectivity index is 1.14. The number of alkyl halides is 1. The molecule has 0 saturated carbocycles. The van der Waals surface area contributed by atoms with E-state index in [1.165, 1.54) is 7.11 Å². The lowest BCUT2D eigenvalue weighted by Crippen LogP contribution is -2.65. The minimum Gasteiger partial charge on any atom is -0.496 e. The number of quaternary nitrogens is 1. The molecular formula is C33H36ClIN3O6+. The van der Waals surface area contributed by atoms with E-state index in [4.69, 9.17) is 25.8 Å². The molecule has 0 unspecified atom stereocenters. The lowest BCUT2D eigenvalue weighted by atomic mass is 9.96. The molecule has 2 bridgehead atoms. The number of hydrogen-bond acceptors (Lipinski definition) is 6. The number of methoxy groups -OCH3 is 1. The highest BCUT2D eigenvalue weighted by Gasteiger charge is 2.78. The normalized spacial score (nSPS) is 26.0. The van der Waals surface area contributed by atoms with Gasteiger partial charge in [-0.05, 0) is 52.3 Å². The Hall–Kier alpha value is -2.90. The van der Waals surface area contributed by atoms with Crippen LogP contribution in [0.25, 0.3) is 11.1 Å². The molecular weight excluding hydrogens is 697 g/mol. The Morgan fingerprint density at radius 3 is 2.59 bits per heavy atom. The molecule has 3 heterocycles. The number of likely N-dealkylation sites (N-methyl/N-ethyl adjacent to an activating group) is 1. The third-order valence-electron chi connectivity index (χ3n) is 9.28. The van der Waals surface area contributed by atoms with Gasteiger partial charge in [0.15, 0.2) is 9.65 Å². The summed E-state index contributed by atoms with van der Waals surface area (Å²) >= 11 is 8.84. The smallest absolute Gasteiger partial charge is 0.411 e. The monoisotopic (exact) mass is 732 g/mol. The lowest BCUT2D eigenvalue weighted by molar-refractivity contribution is -0.943. The first-order valence-electron chi connectivity index (χ1n) is 14.6. The molecule has 0 radical (unpaired) electrons. The number of benzene rings is 3. The molecule has 44 heavy (non-hydrogen) atoms. The fourth-order valence-corrected chi connectivity index (χ4v) is 8.32. The van der Waals surface area contributed by atoms with Crippen molar-refractivity contribution >= 4 is 57.6 Å². The summed E-state index contributed by atoms with van der Waals surface area (Å²) < 4.78 is 18.0. The number of aliphatic hydroxyl groups is 1. The van der Waals surface area contributed by atoms with E-state index in [0.29, 0.717) is 40.2 Å². The summed E-state index contributed by atoms with van der Waals surface area (Å²) in [6.07, 6.45) is 1.92. The van der Waals surface area contributed by atoms with Gasteiger partial charge in [-0.3, -0.25) is 10.1 Å². The number of fused-ring (bicyclic) bond motifs is 5. The van der Waals surface area contributed by atoms with Crippen LogP contribution >= 0.6 is 34.2 Å². The van der Waals surface area contributed by atoms with Gasteiger partial charge in [0.2, 0.25) is 5.91 Å². The number of piperidine rings is 1. The molecule has 3 aromatic rings. The van der Waals surface area contributed by atoms with Gasteiger partial charge in [-0.1, -0.05) is 54.1 Å². The quantitative estimate of drug-likeness (QED) is 0.0802. The molecule has 6 rings (SSSR count). The van der Waals surface area contributed by atoms with E-state index in [-0.39, 0.29) is 40.8 Å². The Morgan fingerprint density at radius 1 is 1.11 bits per heavy atom. The van der Waals surface area contributed by atoms with Gasteiger partial charge < -0.3 is 29.1 Å². The van der Waals surface area contributed by atoms with Crippen LogP contribution < -0.4 is 15.4 Å². The summed E-state index contributed by atoms with van der Waals surface area (Å²) in [5, 5.41) is 15.7. The summed E-state index contributed by atoms with van der Waals surface area (Å²) in [6.45, 7) is -0.229. The first-order chi connectivity index (χ1) is 21.0. The van der Waals surface area contributed by atoms with Gasteiger partial charge in [-0.2, -0.15) is 0 Å². The molecule has 3 fully saturated rings. The van der Waals surface area contributed by atoms with Crippen molar-refractivity contribution in [1.82, 2.24) is 0 Å². The van der Waals surface area contributed by atoms with Crippen LogP contribution in [0.5, 0.6) is 5.75 Å². The molecule has 3 aromatic carbocycles. The molecule has 3 saturated heterocycles.